The van der Waals surface area contributed by atoms with Crippen molar-refractivity contribution in [1.82, 2.24) is 9.97 Å². The lowest BCUT2D eigenvalue weighted by molar-refractivity contribution is 0.597. The molecular weight excluding hydrogens is 314 g/mol. The minimum Gasteiger partial charge on any atom is -0.332 e. The molecule has 0 fully saturated rings. The van der Waals surface area contributed by atoms with Crippen LogP contribution in [0.2, 0.25) is 0 Å². The number of imidazole rings is 1. The molecule has 2 N–H and O–H groups in total. The Morgan fingerprint density at radius 1 is 1.19 bits per heavy atom. The van der Waals surface area contributed by atoms with Gasteiger partial charge in [-0.25, -0.2) is 13.4 Å². The zero-order valence-corrected chi connectivity index (χ0v) is 13.1. The number of hydrogen-bond donors (Lipinski definition) is 2. The topological polar surface area (TPSA) is 109 Å². The van der Waals surface area contributed by atoms with Crippen LogP contribution in [-0.4, -0.2) is 33.1 Å². The first-order valence-corrected chi connectivity index (χ1v) is 9.47. The normalized spacial score (nSPS) is 12.3. The standard InChI is InChI=1S/C12H15N3O4S2/c1-3-11-13-8-12(14-11)21(18,19)15-9-6-4-5-7-10(9)20(2,16)17/h4-8,15H,3H2,1-2H3,(H,13,14). The second-order valence-corrected chi connectivity index (χ2v) is 8.06. The molecule has 0 aliphatic rings. The number of nitrogens with zero attached hydrogens (tertiary/aromatic N) is 1. The summed E-state index contributed by atoms with van der Waals surface area (Å²) in [6, 6.07) is 5.82. The molecule has 21 heavy (non-hydrogen) atoms. The zero-order chi connectivity index (χ0) is 15.7. The van der Waals surface area contributed by atoms with E-state index >= 15 is 0 Å². The molecule has 1 heterocycles. The summed E-state index contributed by atoms with van der Waals surface area (Å²) >= 11 is 0. The number of hydrogen-bond acceptors (Lipinski definition) is 5. The minimum atomic E-state index is -3.92. The van der Waals surface area contributed by atoms with Crippen LogP contribution in [0.4, 0.5) is 5.69 Å². The van der Waals surface area contributed by atoms with Gasteiger partial charge >= 0.3 is 0 Å². The lowest BCUT2D eigenvalue weighted by Gasteiger charge is -2.10. The van der Waals surface area contributed by atoms with E-state index in [4.69, 9.17) is 0 Å². The highest BCUT2D eigenvalue weighted by molar-refractivity contribution is 7.93. The van der Waals surface area contributed by atoms with Crippen molar-refractivity contribution >= 4 is 25.5 Å². The molecule has 0 saturated carbocycles. The average Bonchev–Trinajstić information content (AvgIpc) is 2.87. The van der Waals surface area contributed by atoms with Gasteiger partial charge in [-0.05, 0) is 12.1 Å². The van der Waals surface area contributed by atoms with E-state index < -0.39 is 19.9 Å². The van der Waals surface area contributed by atoms with E-state index in [1.807, 2.05) is 6.92 Å². The fourth-order valence-electron chi connectivity index (χ4n) is 1.73. The highest BCUT2D eigenvalue weighted by Crippen LogP contribution is 2.23. The molecule has 9 heteroatoms. The monoisotopic (exact) mass is 329 g/mol. The van der Waals surface area contributed by atoms with Crippen molar-refractivity contribution in [2.24, 2.45) is 0 Å². The Kier molecular flexibility index (Phi) is 4.06. The van der Waals surface area contributed by atoms with Crippen molar-refractivity contribution in [3.63, 3.8) is 0 Å². The predicted molar refractivity (Wildman–Crippen MR) is 78.3 cm³/mol. The van der Waals surface area contributed by atoms with Gasteiger partial charge in [0, 0.05) is 12.7 Å². The van der Waals surface area contributed by atoms with Gasteiger partial charge in [-0.2, -0.15) is 8.42 Å². The number of aromatic nitrogens is 2. The number of aromatic amines is 1. The lowest BCUT2D eigenvalue weighted by atomic mass is 10.3. The van der Waals surface area contributed by atoms with Crippen LogP contribution in [0.3, 0.4) is 0 Å². The summed E-state index contributed by atoms with van der Waals surface area (Å²) < 4.78 is 50.1. The maximum absolute atomic E-state index is 12.2. The van der Waals surface area contributed by atoms with Gasteiger partial charge in [0.05, 0.1) is 16.8 Å². The molecule has 1 aromatic heterocycles. The van der Waals surface area contributed by atoms with E-state index in [9.17, 15) is 16.8 Å². The highest BCUT2D eigenvalue weighted by Gasteiger charge is 2.21. The van der Waals surface area contributed by atoms with Crippen LogP contribution in [0.5, 0.6) is 0 Å². The van der Waals surface area contributed by atoms with Crippen molar-refractivity contribution in [3.05, 3.63) is 36.3 Å². The summed E-state index contributed by atoms with van der Waals surface area (Å²) in [6.07, 6.45) is 2.78. The van der Waals surface area contributed by atoms with E-state index in [0.717, 1.165) is 6.26 Å². The summed E-state index contributed by atoms with van der Waals surface area (Å²) in [5, 5.41) is -0.109. The number of benzene rings is 1. The summed E-state index contributed by atoms with van der Waals surface area (Å²) in [5.74, 6) is 0.534. The number of rotatable bonds is 5. The second kappa shape index (κ2) is 5.49. The van der Waals surface area contributed by atoms with Crippen LogP contribution in [0, 0.1) is 0 Å². The molecule has 0 atom stereocenters. The molecule has 0 saturated heterocycles. The van der Waals surface area contributed by atoms with E-state index in [1.165, 1.54) is 24.4 Å². The van der Waals surface area contributed by atoms with E-state index in [1.54, 1.807) is 6.07 Å². The number of para-hydroxylation sites is 1. The number of nitrogens with one attached hydrogen (secondary N) is 2. The van der Waals surface area contributed by atoms with Crippen LogP contribution < -0.4 is 4.72 Å². The molecule has 0 radical (unpaired) electrons. The van der Waals surface area contributed by atoms with Gasteiger partial charge < -0.3 is 4.98 Å². The van der Waals surface area contributed by atoms with Crippen molar-refractivity contribution in [2.75, 3.05) is 11.0 Å². The van der Waals surface area contributed by atoms with Gasteiger partial charge in [0.25, 0.3) is 10.0 Å². The lowest BCUT2D eigenvalue weighted by Crippen LogP contribution is -2.15. The van der Waals surface area contributed by atoms with Crippen molar-refractivity contribution in [3.8, 4) is 0 Å². The molecule has 0 bridgehead atoms. The van der Waals surface area contributed by atoms with Gasteiger partial charge in [0.2, 0.25) is 0 Å². The molecule has 2 rings (SSSR count). The molecule has 2 aromatic rings. The van der Waals surface area contributed by atoms with Crippen molar-refractivity contribution < 1.29 is 16.8 Å². The van der Waals surface area contributed by atoms with E-state index in [-0.39, 0.29) is 15.6 Å². The maximum Gasteiger partial charge on any atom is 0.279 e. The SMILES string of the molecule is CCc1ncc(S(=O)(=O)Nc2ccccc2S(C)(=O)=O)[nH]1. The van der Waals surface area contributed by atoms with Crippen LogP contribution in [0.25, 0.3) is 0 Å². The number of aryl methyl sites for hydroxylation is 1. The van der Waals surface area contributed by atoms with Gasteiger partial charge in [0.1, 0.15) is 5.82 Å². The van der Waals surface area contributed by atoms with Crippen LogP contribution >= 0.6 is 0 Å². The molecule has 0 aliphatic heterocycles. The van der Waals surface area contributed by atoms with Gasteiger partial charge in [-0.15, -0.1) is 0 Å². The smallest absolute Gasteiger partial charge is 0.279 e. The van der Waals surface area contributed by atoms with Crippen LogP contribution in [0.1, 0.15) is 12.7 Å². The average molecular weight is 329 g/mol. The Morgan fingerprint density at radius 2 is 1.86 bits per heavy atom. The first kappa shape index (κ1) is 15.5. The highest BCUT2D eigenvalue weighted by atomic mass is 32.2. The Hall–Kier alpha value is -1.87. The zero-order valence-electron chi connectivity index (χ0n) is 11.5. The Labute approximate surface area is 123 Å². The van der Waals surface area contributed by atoms with Gasteiger partial charge in [-0.1, -0.05) is 19.1 Å². The molecule has 7 nitrogen and oxygen atoms in total. The maximum atomic E-state index is 12.2. The van der Waals surface area contributed by atoms with Gasteiger partial charge in [-0.3, -0.25) is 4.72 Å². The third-order valence-corrected chi connectivity index (χ3v) is 5.19. The van der Waals surface area contributed by atoms with Crippen molar-refractivity contribution in [1.29, 1.82) is 0 Å². The van der Waals surface area contributed by atoms with Gasteiger partial charge in [0.15, 0.2) is 14.9 Å². The summed E-state index contributed by atoms with van der Waals surface area (Å²) in [6.45, 7) is 1.83. The Bertz CT molecular complexity index is 854. The molecule has 0 unspecified atom stereocenters. The minimum absolute atomic E-state index is 0.00708. The molecular formula is C12H15N3O4S2. The molecule has 1 aromatic carbocycles. The predicted octanol–water partition coefficient (Wildman–Crippen LogP) is 1.18. The molecule has 0 aliphatic carbocycles. The van der Waals surface area contributed by atoms with Crippen molar-refractivity contribution in [2.45, 2.75) is 23.3 Å². The number of H-pyrrole nitrogens is 1. The number of anilines is 1. The first-order valence-electron chi connectivity index (χ1n) is 6.10. The van der Waals surface area contributed by atoms with Crippen LogP contribution in [0.15, 0.2) is 40.4 Å². The van der Waals surface area contributed by atoms with E-state index in [0.29, 0.717) is 12.2 Å². The third-order valence-electron chi connectivity index (χ3n) is 2.76. The summed E-state index contributed by atoms with van der Waals surface area (Å²) in [7, 11) is -7.46. The molecule has 0 spiro atoms. The number of sulfone groups is 1. The molecule has 0 amide bonds. The first-order chi connectivity index (χ1) is 9.74. The fourth-order valence-corrected chi connectivity index (χ4v) is 3.66. The fraction of sp³-hybridized carbons (Fsp3) is 0.250. The Balaban J connectivity index is 2.42. The second-order valence-electron chi connectivity index (χ2n) is 4.42. The third kappa shape index (κ3) is 3.42. The summed E-state index contributed by atoms with van der Waals surface area (Å²) in [4.78, 5) is 6.51. The number of sulfonamides is 1. The van der Waals surface area contributed by atoms with E-state index in [2.05, 4.69) is 14.7 Å². The summed E-state index contributed by atoms with van der Waals surface area (Å²) in [5.41, 5.74) is 0.00708. The largest absolute Gasteiger partial charge is 0.332 e. The quantitative estimate of drug-likeness (QED) is 0.856. The van der Waals surface area contributed by atoms with Crippen LogP contribution in [-0.2, 0) is 26.3 Å². The molecule has 114 valence electrons. The Morgan fingerprint density at radius 3 is 2.43 bits per heavy atom.